The van der Waals surface area contributed by atoms with Crippen LogP contribution in [0, 0.1) is 5.82 Å². The summed E-state index contributed by atoms with van der Waals surface area (Å²) in [5.41, 5.74) is 1.99. The minimum Gasteiger partial charge on any atom is -0.462 e. The summed E-state index contributed by atoms with van der Waals surface area (Å²) in [6.07, 6.45) is 3.40. The Hall–Kier alpha value is -2.99. The molecule has 1 N–H and O–H groups in total. The molecule has 0 spiro atoms. The Bertz CT molecular complexity index is 1080. The van der Waals surface area contributed by atoms with Gasteiger partial charge in [0.2, 0.25) is 0 Å². The Balaban J connectivity index is 1.53. The van der Waals surface area contributed by atoms with E-state index in [0.717, 1.165) is 5.39 Å². The lowest BCUT2D eigenvalue weighted by molar-refractivity contribution is 0.0982. The molecule has 0 atom stereocenters. The number of nitrogens with one attached hydrogen (secondary N) is 1. The number of hydrogen-bond acceptors (Lipinski definition) is 4. The second-order valence-corrected chi connectivity index (χ2v) is 6.20. The highest BCUT2D eigenvalue weighted by Crippen LogP contribution is 2.28. The third-order valence-electron chi connectivity index (χ3n) is 4.16. The van der Waals surface area contributed by atoms with Crippen LogP contribution in [0.5, 0.6) is 0 Å². The quantitative estimate of drug-likeness (QED) is 0.511. The van der Waals surface area contributed by atoms with Crippen LogP contribution < -0.4 is 0 Å². The molecule has 3 aromatic heterocycles. The number of Topliss-reactive ketones (excluding diaryl/α,β-unsaturated/α-hetero) is 1. The summed E-state index contributed by atoms with van der Waals surface area (Å²) in [6, 6.07) is 9.79. The van der Waals surface area contributed by atoms with Crippen molar-refractivity contribution in [2.24, 2.45) is 0 Å². The van der Waals surface area contributed by atoms with Gasteiger partial charge in [-0.05, 0) is 36.8 Å². The maximum atomic E-state index is 13.8. The van der Waals surface area contributed by atoms with Crippen molar-refractivity contribution in [3.63, 3.8) is 0 Å². The van der Waals surface area contributed by atoms with Gasteiger partial charge < -0.3 is 4.42 Å². The Morgan fingerprint density at radius 2 is 2.15 bits per heavy atom. The highest BCUT2D eigenvalue weighted by Gasteiger charge is 2.16. The highest BCUT2D eigenvalue weighted by molar-refractivity contribution is 6.31. The summed E-state index contributed by atoms with van der Waals surface area (Å²) in [5.74, 6) is -0.0661. The van der Waals surface area contributed by atoms with Gasteiger partial charge in [0.1, 0.15) is 17.8 Å². The minimum atomic E-state index is -0.408. The van der Waals surface area contributed by atoms with Gasteiger partial charge in [-0.2, -0.15) is 5.10 Å². The third kappa shape index (κ3) is 2.99. The largest absolute Gasteiger partial charge is 0.462 e. The number of rotatable bonds is 5. The van der Waals surface area contributed by atoms with Crippen LogP contribution >= 0.6 is 11.6 Å². The molecule has 130 valence electrons. The smallest absolute Gasteiger partial charge is 0.181 e. The molecule has 7 heteroatoms. The number of furan rings is 1. The number of carbonyl (C=O) groups excluding carboxylic acids is 1. The molecule has 0 aliphatic heterocycles. The molecule has 0 saturated carbocycles. The molecule has 0 bridgehead atoms. The molecular formula is C19H13ClFN3O2. The molecule has 3 heterocycles. The molecule has 4 rings (SSSR count). The molecule has 4 aromatic rings. The number of hydrogen-bond donors (Lipinski definition) is 1. The predicted molar refractivity (Wildman–Crippen MR) is 95.7 cm³/mol. The van der Waals surface area contributed by atoms with Crippen LogP contribution in [0.2, 0.25) is 5.02 Å². The fourth-order valence-electron chi connectivity index (χ4n) is 2.81. The molecule has 26 heavy (non-hydrogen) atoms. The van der Waals surface area contributed by atoms with Crippen LogP contribution in [0.1, 0.15) is 22.3 Å². The van der Waals surface area contributed by atoms with E-state index in [1.165, 1.54) is 18.4 Å². The molecule has 0 amide bonds. The number of fused-ring (bicyclic) bond motifs is 1. The standard InChI is InChI=1S/C19H13ClFN3O2/c20-14-4-1-5-15(21)12(14)6-7-16(25)11-9-17(26-10-11)18-13-3-2-8-22-19(13)24-23-18/h1-5,8-10H,6-7H2,(H,22,23,24). The average molecular weight is 370 g/mol. The Morgan fingerprint density at radius 3 is 3.00 bits per heavy atom. The van der Waals surface area contributed by atoms with Crippen molar-refractivity contribution in [2.45, 2.75) is 12.8 Å². The van der Waals surface area contributed by atoms with Gasteiger partial charge in [0, 0.05) is 28.6 Å². The first-order chi connectivity index (χ1) is 12.6. The van der Waals surface area contributed by atoms with Crippen LogP contribution in [-0.4, -0.2) is 21.0 Å². The fraction of sp³-hybridized carbons (Fsp3) is 0.105. The van der Waals surface area contributed by atoms with Gasteiger partial charge >= 0.3 is 0 Å². The van der Waals surface area contributed by atoms with Gasteiger partial charge in [0.05, 0.1) is 5.56 Å². The Morgan fingerprint density at radius 1 is 1.27 bits per heavy atom. The van der Waals surface area contributed by atoms with Gasteiger partial charge in [-0.1, -0.05) is 17.7 Å². The number of halogens is 2. The summed E-state index contributed by atoms with van der Waals surface area (Å²) in [7, 11) is 0. The molecule has 0 saturated heterocycles. The van der Waals surface area contributed by atoms with Gasteiger partial charge in [-0.15, -0.1) is 0 Å². The van der Waals surface area contributed by atoms with Crippen LogP contribution in [0.15, 0.2) is 53.3 Å². The van der Waals surface area contributed by atoms with E-state index in [0.29, 0.717) is 33.3 Å². The zero-order chi connectivity index (χ0) is 18.1. The van der Waals surface area contributed by atoms with Crippen molar-refractivity contribution in [2.75, 3.05) is 0 Å². The lowest BCUT2D eigenvalue weighted by Gasteiger charge is -2.04. The van der Waals surface area contributed by atoms with Crippen molar-refractivity contribution >= 4 is 28.4 Å². The van der Waals surface area contributed by atoms with Gasteiger partial charge in [-0.25, -0.2) is 9.37 Å². The van der Waals surface area contributed by atoms with Crippen molar-refractivity contribution < 1.29 is 13.6 Å². The lowest BCUT2D eigenvalue weighted by Crippen LogP contribution is -2.01. The number of nitrogens with zero attached hydrogens (tertiary/aromatic N) is 2. The SMILES string of the molecule is O=C(CCc1c(F)cccc1Cl)c1coc(-c2[nH]nc3ncccc23)c1. The van der Waals surface area contributed by atoms with E-state index in [4.69, 9.17) is 16.0 Å². The normalized spacial score (nSPS) is 11.2. The van der Waals surface area contributed by atoms with E-state index in [1.54, 1.807) is 24.4 Å². The number of H-pyrrole nitrogens is 1. The number of aromatic amines is 1. The molecule has 5 nitrogen and oxygen atoms in total. The Kier molecular flexibility index (Phi) is 4.26. The van der Waals surface area contributed by atoms with Crippen molar-refractivity contribution in [1.29, 1.82) is 0 Å². The first-order valence-electron chi connectivity index (χ1n) is 7.97. The monoisotopic (exact) mass is 369 g/mol. The average Bonchev–Trinajstić information content (AvgIpc) is 3.28. The highest BCUT2D eigenvalue weighted by atomic mass is 35.5. The number of benzene rings is 1. The lowest BCUT2D eigenvalue weighted by atomic mass is 10.0. The van der Waals surface area contributed by atoms with E-state index in [2.05, 4.69) is 15.2 Å². The minimum absolute atomic E-state index is 0.130. The molecule has 0 aliphatic rings. The van der Waals surface area contributed by atoms with Gasteiger partial charge in [0.25, 0.3) is 0 Å². The maximum absolute atomic E-state index is 13.8. The second-order valence-electron chi connectivity index (χ2n) is 5.80. The van der Waals surface area contributed by atoms with E-state index in [9.17, 15) is 9.18 Å². The predicted octanol–water partition coefficient (Wildman–Crippen LogP) is 4.83. The van der Waals surface area contributed by atoms with Crippen LogP contribution in [0.3, 0.4) is 0 Å². The summed E-state index contributed by atoms with van der Waals surface area (Å²) in [5, 5.41) is 8.10. The first kappa shape index (κ1) is 16.5. The number of ketones is 1. The summed E-state index contributed by atoms with van der Waals surface area (Å²) >= 11 is 6.00. The molecule has 0 fully saturated rings. The zero-order valence-electron chi connectivity index (χ0n) is 13.5. The van der Waals surface area contributed by atoms with E-state index in [-0.39, 0.29) is 18.6 Å². The molecule has 0 aliphatic carbocycles. The summed E-state index contributed by atoms with van der Waals surface area (Å²) < 4.78 is 19.3. The first-order valence-corrected chi connectivity index (χ1v) is 8.35. The second kappa shape index (κ2) is 6.72. The molecular weight excluding hydrogens is 357 g/mol. The van der Waals surface area contributed by atoms with Gasteiger partial charge in [-0.3, -0.25) is 9.89 Å². The topological polar surface area (TPSA) is 71.8 Å². The van der Waals surface area contributed by atoms with Crippen LogP contribution in [0.4, 0.5) is 4.39 Å². The zero-order valence-corrected chi connectivity index (χ0v) is 14.3. The van der Waals surface area contributed by atoms with E-state index >= 15 is 0 Å². The van der Waals surface area contributed by atoms with Gasteiger partial charge in [0.15, 0.2) is 17.2 Å². The third-order valence-corrected chi connectivity index (χ3v) is 4.52. The molecule has 1 aromatic carbocycles. The summed E-state index contributed by atoms with van der Waals surface area (Å²) in [4.78, 5) is 16.6. The van der Waals surface area contributed by atoms with Crippen molar-refractivity contribution in [3.05, 3.63) is 70.8 Å². The fourth-order valence-corrected chi connectivity index (χ4v) is 3.06. The van der Waals surface area contributed by atoms with Crippen LogP contribution in [0.25, 0.3) is 22.5 Å². The molecule has 0 unspecified atom stereocenters. The van der Waals surface area contributed by atoms with Crippen LogP contribution in [-0.2, 0) is 6.42 Å². The number of pyridine rings is 1. The Labute approximate surface area is 152 Å². The number of carbonyl (C=O) groups is 1. The molecule has 0 radical (unpaired) electrons. The van der Waals surface area contributed by atoms with E-state index < -0.39 is 5.82 Å². The summed E-state index contributed by atoms with van der Waals surface area (Å²) in [6.45, 7) is 0. The number of aromatic nitrogens is 3. The van der Waals surface area contributed by atoms with E-state index in [1.807, 2.05) is 6.07 Å². The van der Waals surface area contributed by atoms with Crippen molar-refractivity contribution in [3.8, 4) is 11.5 Å². The van der Waals surface area contributed by atoms with Crippen molar-refractivity contribution in [1.82, 2.24) is 15.2 Å². The maximum Gasteiger partial charge on any atom is 0.181 e.